The zero-order valence-electron chi connectivity index (χ0n) is 20.5. The van der Waals surface area contributed by atoms with Crippen molar-refractivity contribution in [2.45, 2.75) is 20.3 Å². The number of pyridine rings is 4. The zero-order chi connectivity index (χ0) is 25.4. The van der Waals surface area contributed by atoms with Crippen LogP contribution in [0.3, 0.4) is 0 Å². The van der Waals surface area contributed by atoms with Crippen LogP contribution >= 0.6 is 0 Å². The summed E-state index contributed by atoms with van der Waals surface area (Å²) >= 11 is 0. The molecule has 0 bridgehead atoms. The SMILES string of the molecule is C=C(CC(C)C)Nc1cncc(-c2ccc3[nH]nc(-c4nc5c(-c6ccncc6)cncc5[nH]4)c3n2)c1. The van der Waals surface area contributed by atoms with Crippen LogP contribution in [0.1, 0.15) is 20.3 Å². The summed E-state index contributed by atoms with van der Waals surface area (Å²) in [6.07, 6.45) is 11.6. The van der Waals surface area contributed by atoms with E-state index in [-0.39, 0.29) is 0 Å². The molecule has 0 unspecified atom stereocenters. The lowest BCUT2D eigenvalue weighted by molar-refractivity contribution is 0.645. The first-order valence-electron chi connectivity index (χ1n) is 12.0. The molecule has 0 amide bonds. The van der Waals surface area contributed by atoms with Gasteiger partial charge in [-0.3, -0.25) is 20.1 Å². The number of rotatable bonds is 7. The van der Waals surface area contributed by atoms with Gasteiger partial charge in [-0.15, -0.1) is 0 Å². The molecule has 0 saturated heterocycles. The molecule has 0 aromatic carbocycles. The van der Waals surface area contributed by atoms with Gasteiger partial charge < -0.3 is 10.3 Å². The third-order valence-electron chi connectivity index (χ3n) is 6.03. The van der Waals surface area contributed by atoms with E-state index < -0.39 is 0 Å². The van der Waals surface area contributed by atoms with Crippen molar-refractivity contribution < 1.29 is 0 Å². The van der Waals surface area contributed by atoms with Crippen molar-refractivity contribution in [2.75, 3.05) is 5.32 Å². The van der Waals surface area contributed by atoms with E-state index in [0.717, 1.165) is 62.3 Å². The van der Waals surface area contributed by atoms with Crippen molar-refractivity contribution in [3.63, 3.8) is 0 Å². The summed E-state index contributed by atoms with van der Waals surface area (Å²) in [5.41, 5.74) is 9.25. The van der Waals surface area contributed by atoms with Crippen LogP contribution in [0.2, 0.25) is 0 Å². The van der Waals surface area contributed by atoms with Crippen molar-refractivity contribution in [2.24, 2.45) is 5.92 Å². The molecular formula is C28H25N9. The predicted octanol–water partition coefficient (Wildman–Crippen LogP) is 5.99. The molecule has 0 fully saturated rings. The summed E-state index contributed by atoms with van der Waals surface area (Å²) in [5.74, 6) is 1.14. The molecule has 37 heavy (non-hydrogen) atoms. The minimum Gasteiger partial charge on any atom is -0.358 e. The van der Waals surface area contributed by atoms with Gasteiger partial charge in [-0.1, -0.05) is 20.4 Å². The molecule has 6 aromatic heterocycles. The van der Waals surface area contributed by atoms with Gasteiger partial charge in [0.2, 0.25) is 0 Å². The summed E-state index contributed by atoms with van der Waals surface area (Å²) in [6.45, 7) is 8.47. The van der Waals surface area contributed by atoms with Crippen LogP contribution in [0.15, 0.2) is 79.8 Å². The van der Waals surface area contributed by atoms with Crippen LogP contribution in [0.4, 0.5) is 5.69 Å². The number of aromatic nitrogens is 8. The first-order valence-corrected chi connectivity index (χ1v) is 12.0. The van der Waals surface area contributed by atoms with Crippen LogP contribution < -0.4 is 5.32 Å². The molecule has 0 saturated carbocycles. The number of aromatic amines is 2. The van der Waals surface area contributed by atoms with Gasteiger partial charge in [-0.05, 0) is 48.2 Å². The van der Waals surface area contributed by atoms with Crippen LogP contribution in [-0.4, -0.2) is 40.1 Å². The van der Waals surface area contributed by atoms with Crippen molar-refractivity contribution in [1.29, 1.82) is 0 Å². The lowest BCUT2D eigenvalue weighted by Crippen LogP contribution is -2.02. The van der Waals surface area contributed by atoms with Crippen LogP contribution in [0.5, 0.6) is 0 Å². The van der Waals surface area contributed by atoms with Crippen LogP contribution in [0, 0.1) is 5.92 Å². The van der Waals surface area contributed by atoms with Gasteiger partial charge in [0.05, 0.1) is 40.3 Å². The second kappa shape index (κ2) is 9.27. The highest BCUT2D eigenvalue weighted by molar-refractivity contribution is 5.95. The Labute approximate surface area is 213 Å². The molecule has 0 atom stereocenters. The van der Waals surface area contributed by atoms with E-state index >= 15 is 0 Å². The first kappa shape index (κ1) is 22.5. The van der Waals surface area contributed by atoms with E-state index in [0.29, 0.717) is 17.4 Å². The molecule has 0 aliphatic heterocycles. The minimum absolute atomic E-state index is 0.523. The van der Waals surface area contributed by atoms with Crippen molar-refractivity contribution in [3.05, 3.63) is 79.8 Å². The maximum atomic E-state index is 4.93. The van der Waals surface area contributed by atoms with Crippen LogP contribution in [0.25, 0.3) is 56.0 Å². The molecule has 0 spiro atoms. The Kier molecular flexibility index (Phi) is 5.65. The highest BCUT2D eigenvalue weighted by atomic mass is 15.2. The van der Waals surface area contributed by atoms with E-state index in [9.17, 15) is 0 Å². The summed E-state index contributed by atoms with van der Waals surface area (Å²) in [4.78, 5) is 26.1. The Morgan fingerprint density at radius 2 is 1.73 bits per heavy atom. The third kappa shape index (κ3) is 4.42. The number of H-pyrrole nitrogens is 2. The van der Waals surface area contributed by atoms with Gasteiger partial charge in [-0.25, -0.2) is 9.97 Å². The molecule has 0 radical (unpaired) electrons. The fourth-order valence-electron chi connectivity index (χ4n) is 4.41. The molecule has 3 N–H and O–H groups in total. The first-order chi connectivity index (χ1) is 18.0. The van der Waals surface area contributed by atoms with E-state index in [1.807, 2.05) is 36.5 Å². The van der Waals surface area contributed by atoms with Gasteiger partial charge in [-0.2, -0.15) is 5.10 Å². The molecule has 9 heteroatoms. The van der Waals surface area contributed by atoms with Crippen LogP contribution in [-0.2, 0) is 0 Å². The average Bonchev–Trinajstić information content (AvgIpc) is 3.52. The zero-order valence-corrected chi connectivity index (χ0v) is 20.5. The molecule has 6 heterocycles. The highest BCUT2D eigenvalue weighted by Crippen LogP contribution is 2.31. The number of nitrogens with zero attached hydrogens (tertiary/aromatic N) is 6. The average molecular weight is 488 g/mol. The standard InChI is InChI=1S/C28H25N9/c1-16(2)10-17(3)32-20-11-19(12-30-13-20)22-4-5-23-26(33-22)27(37-36-23)28-34-24-15-31-14-21(25(24)35-28)18-6-8-29-9-7-18/h4-9,11-16,32H,3,10H2,1-2H3,(H,34,35)(H,36,37). The lowest BCUT2D eigenvalue weighted by Gasteiger charge is -2.12. The van der Waals surface area contributed by atoms with E-state index in [1.165, 1.54) is 0 Å². The summed E-state index contributed by atoms with van der Waals surface area (Å²) in [6, 6.07) is 9.84. The number of fused-ring (bicyclic) bond motifs is 2. The Morgan fingerprint density at radius 1 is 0.892 bits per heavy atom. The Hall–Kier alpha value is -4.92. The van der Waals surface area contributed by atoms with Gasteiger partial charge in [0.1, 0.15) is 5.52 Å². The molecule has 182 valence electrons. The Morgan fingerprint density at radius 3 is 2.57 bits per heavy atom. The maximum Gasteiger partial charge on any atom is 0.161 e. The number of anilines is 1. The van der Waals surface area contributed by atoms with E-state index in [2.05, 4.69) is 55.9 Å². The lowest BCUT2D eigenvalue weighted by atomic mass is 10.1. The summed E-state index contributed by atoms with van der Waals surface area (Å²) in [7, 11) is 0. The number of allylic oxidation sites excluding steroid dienone is 1. The summed E-state index contributed by atoms with van der Waals surface area (Å²) in [5, 5.41) is 11.0. The number of hydrogen-bond acceptors (Lipinski definition) is 7. The number of hydrogen-bond donors (Lipinski definition) is 3. The van der Waals surface area contributed by atoms with Crippen molar-refractivity contribution in [3.8, 4) is 33.9 Å². The van der Waals surface area contributed by atoms with Gasteiger partial charge >= 0.3 is 0 Å². The second-order valence-electron chi connectivity index (χ2n) is 9.36. The van der Waals surface area contributed by atoms with Gasteiger partial charge in [0, 0.05) is 41.6 Å². The second-order valence-corrected chi connectivity index (χ2v) is 9.36. The highest BCUT2D eigenvalue weighted by Gasteiger charge is 2.17. The largest absolute Gasteiger partial charge is 0.358 e. The smallest absolute Gasteiger partial charge is 0.161 e. The molecule has 0 aliphatic rings. The quantitative estimate of drug-likeness (QED) is 0.253. The Bertz CT molecular complexity index is 1730. The Balaban J connectivity index is 1.38. The maximum absolute atomic E-state index is 4.93. The topological polar surface area (TPSA) is 121 Å². The van der Waals surface area contributed by atoms with E-state index in [4.69, 9.17) is 9.97 Å². The molecule has 6 aromatic rings. The molecule has 9 nitrogen and oxygen atoms in total. The molecule has 0 aliphatic carbocycles. The fourth-order valence-corrected chi connectivity index (χ4v) is 4.41. The molecular weight excluding hydrogens is 462 g/mol. The molecule has 6 rings (SSSR count). The summed E-state index contributed by atoms with van der Waals surface area (Å²) < 4.78 is 0. The van der Waals surface area contributed by atoms with E-state index in [1.54, 1.807) is 31.0 Å². The number of imidazole rings is 1. The third-order valence-corrected chi connectivity index (χ3v) is 6.03. The van der Waals surface area contributed by atoms with Crippen molar-refractivity contribution >= 4 is 27.8 Å². The monoisotopic (exact) mass is 487 g/mol. The van der Waals surface area contributed by atoms with Gasteiger partial charge in [0.25, 0.3) is 0 Å². The normalized spacial score (nSPS) is 11.4. The van der Waals surface area contributed by atoms with Crippen molar-refractivity contribution in [1.82, 2.24) is 40.1 Å². The number of nitrogens with one attached hydrogen (secondary N) is 3. The predicted molar refractivity (Wildman–Crippen MR) is 145 cm³/mol. The fraction of sp³-hybridized carbons (Fsp3) is 0.143. The minimum atomic E-state index is 0.523. The van der Waals surface area contributed by atoms with Gasteiger partial charge in [0.15, 0.2) is 11.5 Å².